The Labute approximate surface area is 134 Å². The van der Waals surface area contributed by atoms with Crippen LogP contribution in [0.3, 0.4) is 0 Å². The molecule has 0 atom stereocenters. The molecular formula is C14H18N4O4S. The molecule has 2 rings (SSSR count). The Morgan fingerprint density at radius 1 is 1.26 bits per heavy atom. The molecule has 2 N–H and O–H groups in total. The van der Waals surface area contributed by atoms with Gasteiger partial charge in [-0.3, -0.25) is 18.7 Å². The zero-order chi connectivity index (χ0) is 17.4. The zero-order valence-corrected chi connectivity index (χ0v) is 14.1. The van der Waals surface area contributed by atoms with Crippen molar-refractivity contribution in [2.24, 2.45) is 5.41 Å². The summed E-state index contributed by atoms with van der Waals surface area (Å²) in [5.41, 5.74) is 0.0418. The van der Waals surface area contributed by atoms with Crippen LogP contribution in [0.2, 0.25) is 0 Å². The summed E-state index contributed by atoms with van der Waals surface area (Å²) in [7, 11) is -3.74. The summed E-state index contributed by atoms with van der Waals surface area (Å²) >= 11 is 0. The number of carbonyl (C=O) groups excluding carboxylic acids is 2. The second-order valence-electron chi connectivity index (χ2n) is 5.81. The Morgan fingerprint density at radius 3 is 2.52 bits per heavy atom. The van der Waals surface area contributed by atoms with Gasteiger partial charge in [0.15, 0.2) is 0 Å². The van der Waals surface area contributed by atoms with E-state index < -0.39 is 27.3 Å². The lowest BCUT2D eigenvalue weighted by Gasteiger charge is -2.21. The Bertz CT molecular complexity index is 883. The molecule has 0 aliphatic carbocycles. The van der Waals surface area contributed by atoms with Gasteiger partial charge in [-0.15, -0.1) is 0 Å². The number of aromatic nitrogens is 2. The molecule has 0 aliphatic heterocycles. The second-order valence-corrected chi connectivity index (χ2v) is 7.56. The van der Waals surface area contributed by atoms with Crippen molar-refractivity contribution >= 4 is 33.3 Å². The third-order valence-corrected chi connectivity index (χ3v) is 3.94. The maximum atomic E-state index is 12.4. The van der Waals surface area contributed by atoms with E-state index in [4.69, 9.17) is 0 Å². The minimum Gasteiger partial charge on any atom is -0.310 e. The number of hydrogen-bond donors (Lipinski definition) is 2. The predicted molar refractivity (Wildman–Crippen MR) is 85.3 cm³/mol. The average molecular weight is 338 g/mol. The second kappa shape index (κ2) is 5.65. The summed E-state index contributed by atoms with van der Waals surface area (Å²) in [6.45, 7) is 4.58. The fourth-order valence-corrected chi connectivity index (χ4v) is 2.51. The molecule has 8 nitrogen and oxygen atoms in total. The monoisotopic (exact) mass is 338 g/mol. The average Bonchev–Trinajstić information content (AvgIpc) is 2.81. The normalized spacial score (nSPS) is 12.2. The summed E-state index contributed by atoms with van der Waals surface area (Å²) in [5.74, 6) is -1.14. The molecule has 0 saturated carbocycles. The molecule has 0 spiro atoms. The third kappa shape index (κ3) is 3.50. The van der Waals surface area contributed by atoms with E-state index >= 15 is 0 Å². The summed E-state index contributed by atoms with van der Waals surface area (Å²) in [6, 6.07) is 3.69. The topological polar surface area (TPSA) is 110 Å². The number of nitrogens with zero attached hydrogens (tertiary/aromatic N) is 2. The number of carbonyl (C=O) groups is 2. The first-order chi connectivity index (χ1) is 10.5. The first-order valence-electron chi connectivity index (χ1n) is 6.79. The lowest BCUT2D eigenvalue weighted by atomic mass is 9.91. The van der Waals surface area contributed by atoms with Crippen LogP contribution in [0.15, 0.2) is 24.5 Å². The smallest absolute Gasteiger partial charge is 0.248 e. The van der Waals surface area contributed by atoms with Crippen molar-refractivity contribution < 1.29 is 18.0 Å². The predicted octanol–water partition coefficient (Wildman–Crippen LogP) is 0.683. The van der Waals surface area contributed by atoms with Crippen LogP contribution in [0.5, 0.6) is 0 Å². The lowest BCUT2D eigenvalue weighted by molar-refractivity contribution is -0.137. The number of anilines is 1. The first-order valence-corrected chi connectivity index (χ1v) is 8.68. The van der Waals surface area contributed by atoms with E-state index in [1.807, 2.05) is 17.7 Å². The Balaban J connectivity index is 2.26. The summed E-state index contributed by atoms with van der Waals surface area (Å²) in [4.78, 5) is 28.6. The molecule has 0 fully saturated rings. The molecule has 9 heteroatoms. The van der Waals surface area contributed by atoms with Crippen LogP contribution in [0.4, 0.5) is 5.82 Å². The number of aryl methyl sites for hydroxylation is 1. The van der Waals surface area contributed by atoms with Crippen LogP contribution in [-0.2, 0) is 19.6 Å². The van der Waals surface area contributed by atoms with Gasteiger partial charge >= 0.3 is 0 Å². The maximum absolute atomic E-state index is 12.4. The number of fused-ring (bicyclic) bond motifs is 1. The van der Waals surface area contributed by atoms with Crippen LogP contribution in [-0.4, -0.2) is 35.9 Å². The Morgan fingerprint density at radius 2 is 1.91 bits per heavy atom. The largest absolute Gasteiger partial charge is 0.310 e. The molecule has 2 heterocycles. The van der Waals surface area contributed by atoms with E-state index in [-0.39, 0.29) is 0 Å². The van der Waals surface area contributed by atoms with Gasteiger partial charge in [0.05, 0.1) is 12.5 Å². The van der Waals surface area contributed by atoms with E-state index in [0.29, 0.717) is 11.5 Å². The molecule has 0 bridgehead atoms. The van der Waals surface area contributed by atoms with Crippen molar-refractivity contribution in [3.63, 3.8) is 0 Å². The van der Waals surface area contributed by atoms with E-state index in [1.165, 1.54) is 20.0 Å². The molecule has 0 unspecified atom stereocenters. The molecule has 0 radical (unpaired) electrons. The van der Waals surface area contributed by atoms with Gasteiger partial charge in [0.25, 0.3) is 0 Å². The number of pyridine rings is 1. The standard InChI is InChI=1S/C14H18N4O4S/c1-9-6-5-7-18-10(8-15-11(9)18)16-12(19)14(2,3)13(20)17-23(4,21)22/h5-8H,1-4H3,(H,16,19)(H,17,20). The molecule has 2 amide bonds. The van der Waals surface area contributed by atoms with Crippen LogP contribution in [0.1, 0.15) is 19.4 Å². The highest BCUT2D eigenvalue weighted by molar-refractivity contribution is 7.89. The minimum atomic E-state index is -3.74. The lowest BCUT2D eigenvalue weighted by Crippen LogP contribution is -2.46. The van der Waals surface area contributed by atoms with Crippen LogP contribution >= 0.6 is 0 Å². The minimum absolute atomic E-state index is 0.397. The number of nitrogens with one attached hydrogen (secondary N) is 2. The molecule has 2 aromatic heterocycles. The maximum Gasteiger partial charge on any atom is 0.248 e. The molecular weight excluding hydrogens is 320 g/mol. The molecule has 0 aliphatic rings. The van der Waals surface area contributed by atoms with Crippen molar-refractivity contribution in [2.75, 3.05) is 11.6 Å². The van der Waals surface area contributed by atoms with Crippen LogP contribution in [0.25, 0.3) is 5.65 Å². The third-order valence-electron chi connectivity index (χ3n) is 3.39. The van der Waals surface area contributed by atoms with Gasteiger partial charge in [-0.1, -0.05) is 6.07 Å². The van der Waals surface area contributed by atoms with E-state index in [2.05, 4.69) is 10.3 Å². The molecule has 23 heavy (non-hydrogen) atoms. The fourth-order valence-electron chi connectivity index (χ4n) is 1.92. The highest BCUT2D eigenvalue weighted by Gasteiger charge is 2.38. The molecule has 0 saturated heterocycles. The fraction of sp³-hybridized carbons (Fsp3) is 0.357. The van der Waals surface area contributed by atoms with Gasteiger partial charge in [-0.2, -0.15) is 0 Å². The van der Waals surface area contributed by atoms with E-state index in [1.54, 1.807) is 16.7 Å². The Hall–Kier alpha value is -2.42. The van der Waals surface area contributed by atoms with E-state index in [9.17, 15) is 18.0 Å². The van der Waals surface area contributed by atoms with Gasteiger partial charge in [-0.05, 0) is 32.4 Å². The number of amides is 2. The molecule has 124 valence electrons. The Kier molecular flexibility index (Phi) is 4.16. The number of sulfonamides is 1. The van der Waals surface area contributed by atoms with Crippen molar-refractivity contribution in [2.45, 2.75) is 20.8 Å². The first kappa shape index (κ1) is 16.9. The molecule has 2 aromatic rings. The van der Waals surface area contributed by atoms with Crippen LogP contribution in [0, 0.1) is 12.3 Å². The SMILES string of the molecule is Cc1cccn2c(NC(=O)C(C)(C)C(=O)NS(C)(=O)=O)cnc12. The number of hydrogen-bond acceptors (Lipinski definition) is 5. The molecule has 0 aromatic carbocycles. The highest BCUT2D eigenvalue weighted by Crippen LogP contribution is 2.21. The summed E-state index contributed by atoms with van der Waals surface area (Å²) in [5, 5.41) is 2.60. The quantitative estimate of drug-likeness (QED) is 0.797. The van der Waals surface area contributed by atoms with Gasteiger partial charge < -0.3 is 5.32 Å². The van der Waals surface area contributed by atoms with Crippen molar-refractivity contribution in [1.82, 2.24) is 14.1 Å². The van der Waals surface area contributed by atoms with Crippen molar-refractivity contribution in [3.05, 3.63) is 30.1 Å². The van der Waals surface area contributed by atoms with Crippen LogP contribution < -0.4 is 10.0 Å². The number of rotatable bonds is 4. The van der Waals surface area contributed by atoms with Crippen molar-refractivity contribution in [3.8, 4) is 0 Å². The van der Waals surface area contributed by atoms with Gasteiger partial charge in [-0.25, -0.2) is 13.4 Å². The highest BCUT2D eigenvalue weighted by atomic mass is 32.2. The van der Waals surface area contributed by atoms with Crippen molar-refractivity contribution in [1.29, 1.82) is 0 Å². The zero-order valence-electron chi connectivity index (χ0n) is 13.2. The van der Waals surface area contributed by atoms with Gasteiger partial charge in [0.1, 0.15) is 16.9 Å². The van der Waals surface area contributed by atoms with Gasteiger partial charge in [0, 0.05) is 6.20 Å². The summed E-state index contributed by atoms with van der Waals surface area (Å²) in [6.07, 6.45) is 4.06. The number of imidazole rings is 1. The summed E-state index contributed by atoms with van der Waals surface area (Å²) < 4.78 is 25.8. The van der Waals surface area contributed by atoms with E-state index in [0.717, 1.165) is 11.8 Å². The van der Waals surface area contributed by atoms with Gasteiger partial charge in [0.2, 0.25) is 21.8 Å².